The Labute approximate surface area is 214 Å². The summed E-state index contributed by atoms with van der Waals surface area (Å²) < 4.78 is 27.4. The Balaban J connectivity index is 1.81. The second-order valence-electron chi connectivity index (χ2n) is 8.71. The van der Waals surface area contributed by atoms with E-state index in [0.717, 1.165) is 5.56 Å². The van der Waals surface area contributed by atoms with Gasteiger partial charge in [-0.05, 0) is 75.4 Å². The number of amidine groups is 1. The quantitative estimate of drug-likeness (QED) is 0.142. The number of benzene rings is 3. The van der Waals surface area contributed by atoms with Gasteiger partial charge in [0.1, 0.15) is 29.2 Å². The van der Waals surface area contributed by atoms with Crippen LogP contribution in [-0.4, -0.2) is 33.6 Å². The van der Waals surface area contributed by atoms with Crippen LogP contribution in [0, 0.1) is 11.2 Å². The molecule has 192 valence electrons. The van der Waals surface area contributed by atoms with Gasteiger partial charge in [-0.15, -0.1) is 0 Å². The maximum Gasteiger partial charge on any atom is 0.171 e. The largest absolute Gasteiger partial charge is 0.508 e. The Hall–Kier alpha value is -4.53. The lowest BCUT2D eigenvalue weighted by atomic mass is 10.0. The molecule has 1 atom stereocenters. The fraction of sp³-hybridized carbons (Fsp3) is 0.214. The molecule has 1 unspecified atom stereocenters. The molecular weight excluding hydrogens is 473 g/mol. The first kappa shape index (κ1) is 25.6. The van der Waals surface area contributed by atoms with E-state index in [2.05, 4.69) is 10.3 Å². The fourth-order valence-electron chi connectivity index (χ4n) is 3.86. The molecule has 0 bridgehead atoms. The van der Waals surface area contributed by atoms with Crippen LogP contribution in [0.5, 0.6) is 17.2 Å². The Morgan fingerprint density at radius 2 is 1.84 bits per heavy atom. The van der Waals surface area contributed by atoms with Crippen LogP contribution in [0.3, 0.4) is 0 Å². The van der Waals surface area contributed by atoms with Crippen molar-refractivity contribution in [3.05, 3.63) is 89.6 Å². The van der Waals surface area contributed by atoms with Crippen molar-refractivity contribution in [1.29, 1.82) is 5.41 Å². The molecule has 6 N–H and O–H groups in total. The number of aromatic nitrogens is 2. The highest BCUT2D eigenvalue weighted by molar-refractivity contribution is 5.95. The number of anilines is 1. The smallest absolute Gasteiger partial charge is 0.171 e. The van der Waals surface area contributed by atoms with Gasteiger partial charge >= 0.3 is 0 Å². The van der Waals surface area contributed by atoms with E-state index in [-0.39, 0.29) is 29.0 Å². The maximum absolute atomic E-state index is 15.9. The van der Waals surface area contributed by atoms with Crippen molar-refractivity contribution in [2.45, 2.75) is 32.9 Å². The minimum atomic E-state index is -0.746. The van der Waals surface area contributed by atoms with Gasteiger partial charge in [-0.1, -0.05) is 0 Å². The van der Waals surface area contributed by atoms with Crippen molar-refractivity contribution >= 4 is 11.5 Å². The summed E-state index contributed by atoms with van der Waals surface area (Å²) in [5.41, 5.74) is 8.54. The molecule has 4 aromatic rings. The van der Waals surface area contributed by atoms with E-state index < -0.39 is 11.9 Å². The summed E-state index contributed by atoms with van der Waals surface area (Å²) in [6.07, 6.45) is 1.49. The Bertz CT molecular complexity index is 1370. The molecule has 0 amide bonds. The minimum absolute atomic E-state index is 0.0430. The zero-order valence-corrected chi connectivity index (χ0v) is 20.9. The van der Waals surface area contributed by atoms with Crippen molar-refractivity contribution in [2.75, 3.05) is 11.9 Å². The molecule has 0 aliphatic carbocycles. The number of aromatic hydroxyl groups is 1. The van der Waals surface area contributed by atoms with Crippen LogP contribution < -0.4 is 20.5 Å². The molecule has 37 heavy (non-hydrogen) atoms. The number of phenolic OH excluding ortho intramolecular Hbond substituents is 1. The molecule has 0 fully saturated rings. The van der Waals surface area contributed by atoms with E-state index >= 15 is 4.39 Å². The Kier molecular flexibility index (Phi) is 7.62. The third-order valence-corrected chi connectivity index (χ3v) is 5.57. The lowest BCUT2D eigenvalue weighted by Crippen LogP contribution is -2.18. The van der Waals surface area contributed by atoms with Gasteiger partial charge < -0.3 is 30.6 Å². The van der Waals surface area contributed by atoms with Crippen molar-refractivity contribution in [1.82, 2.24) is 9.97 Å². The van der Waals surface area contributed by atoms with Gasteiger partial charge in [-0.25, -0.2) is 9.37 Å². The maximum atomic E-state index is 15.9. The van der Waals surface area contributed by atoms with Gasteiger partial charge in [0.25, 0.3) is 0 Å². The average Bonchev–Trinajstić information content (AvgIpc) is 3.35. The SMILES string of the molecule is CCOc1cc(OC(C)C)c(F)c(C(Nc2ccc(C(=N)N)cc2)c2nc(-c3ccc(O)cc3)c[nH]2)c1. The lowest BCUT2D eigenvalue weighted by Gasteiger charge is -2.22. The standard InChI is InChI=1S/C28H30FN5O3/c1-4-36-21-13-22(25(29)24(14-21)37-16(2)3)26(33-19-9-5-18(6-10-19)27(30)31)28-32-15-23(34-28)17-7-11-20(35)12-8-17/h5-16,26,33,35H,4H2,1-3H3,(H3,30,31)(H,32,34). The summed E-state index contributed by atoms with van der Waals surface area (Å²) in [6, 6.07) is 16.1. The van der Waals surface area contributed by atoms with E-state index in [1.807, 2.05) is 20.8 Å². The van der Waals surface area contributed by atoms with Crippen molar-refractivity contribution < 1.29 is 19.0 Å². The van der Waals surface area contributed by atoms with Crippen molar-refractivity contribution in [3.63, 3.8) is 0 Å². The van der Waals surface area contributed by atoms with Crippen LogP contribution >= 0.6 is 0 Å². The molecule has 0 radical (unpaired) electrons. The number of H-pyrrole nitrogens is 1. The summed E-state index contributed by atoms with van der Waals surface area (Å²) in [5, 5.41) is 20.6. The van der Waals surface area contributed by atoms with Crippen LogP contribution in [0.2, 0.25) is 0 Å². The number of nitrogens with two attached hydrogens (primary N) is 1. The molecule has 0 aliphatic rings. The number of nitrogens with one attached hydrogen (secondary N) is 3. The van der Waals surface area contributed by atoms with Gasteiger partial charge in [0, 0.05) is 34.6 Å². The number of hydrogen-bond donors (Lipinski definition) is 5. The molecule has 1 heterocycles. The summed E-state index contributed by atoms with van der Waals surface area (Å²) in [4.78, 5) is 7.90. The third kappa shape index (κ3) is 6.00. The molecular formula is C28H30FN5O3. The summed E-state index contributed by atoms with van der Waals surface area (Å²) in [7, 11) is 0. The number of nitrogens with zero attached hydrogens (tertiary/aromatic N) is 1. The zero-order chi connectivity index (χ0) is 26.5. The summed E-state index contributed by atoms with van der Waals surface area (Å²) >= 11 is 0. The van der Waals surface area contributed by atoms with Crippen LogP contribution in [0.4, 0.5) is 10.1 Å². The number of aromatic amines is 1. The van der Waals surface area contributed by atoms with E-state index in [9.17, 15) is 5.11 Å². The first-order chi connectivity index (χ1) is 17.7. The van der Waals surface area contributed by atoms with E-state index in [4.69, 9.17) is 25.6 Å². The van der Waals surface area contributed by atoms with Crippen LogP contribution in [0.1, 0.15) is 43.8 Å². The predicted molar refractivity (Wildman–Crippen MR) is 142 cm³/mol. The first-order valence-corrected chi connectivity index (χ1v) is 11.9. The molecule has 1 aromatic heterocycles. The average molecular weight is 504 g/mol. The number of hydrogen-bond acceptors (Lipinski definition) is 6. The third-order valence-electron chi connectivity index (χ3n) is 5.57. The van der Waals surface area contributed by atoms with E-state index in [1.165, 1.54) is 0 Å². The molecule has 0 spiro atoms. The molecule has 0 aliphatic heterocycles. The van der Waals surface area contributed by atoms with Gasteiger partial charge in [0.2, 0.25) is 0 Å². The number of rotatable bonds is 10. The van der Waals surface area contributed by atoms with E-state index in [1.54, 1.807) is 66.9 Å². The number of imidazole rings is 1. The first-order valence-electron chi connectivity index (χ1n) is 11.9. The van der Waals surface area contributed by atoms with Gasteiger partial charge in [0.05, 0.1) is 18.4 Å². The molecule has 9 heteroatoms. The second-order valence-corrected chi connectivity index (χ2v) is 8.71. The monoisotopic (exact) mass is 503 g/mol. The highest BCUT2D eigenvalue weighted by Crippen LogP contribution is 2.36. The topological polar surface area (TPSA) is 129 Å². The van der Waals surface area contributed by atoms with Crippen LogP contribution in [0.15, 0.2) is 66.9 Å². The van der Waals surface area contributed by atoms with Crippen molar-refractivity contribution in [3.8, 4) is 28.5 Å². The second kappa shape index (κ2) is 11.0. The highest BCUT2D eigenvalue weighted by atomic mass is 19.1. The highest BCUT2D eigenvalue weighted by Gasteiger charge is 2.26. The zero-order valence-electron chi connectivity index (χ0n) is 20.9. The van der Waals surface area contributed by atoms with Gasteiger partial charge in [-0.3, -0.25) is 5.41 Å². The van der Waals surface area contributed by atoms with Crippen LogP contribution in [-0.2, 0) is 0 Å². The molecule has 3 aromatic carbocycles. The molecule has 0 saturated carbocycles. The number of halogens is 1. The van der Waals surface area contributed by atoms with Gasteiger partial charge in [0.15, 0.2) is 11.6 Å². The minimum Gasteiger partial charge on any atom is -0.508 e. The summed E-state index contributed by atoms with van der Waals surface area (Å²) in [6.45, 7) is 5.92. The van der Waals surface area contributed by atoms with Crippen LogP contribution in [0.25, 0.3) is 11.3 Å². The predicted octanol–water partition coefficient (Wildman–Crippen LogP) is 5.59. The molecule has 8 nitrogen and oxygen atoms in total. The molecule has 0 saturated heterocycles. The number of phenols is 1. The normalized spacial score (nSPS) is 11.8. The Morgan fingerprint density at radius 3 is 2.46 bits per heavy atom. The lowest BCUT2D eigenvalue weighted by molar-refractivity contribution is 0.228. The Morgan fingerprint density at radius 1 is 1.14 bits per heavy atom. The van der Waals surface area contributed by atoms with E-state index in [0.29, 0.717) is 35.1 Å². The van der Waals surface area contributed by atoms with Gasteiger partial charge in [-0.2, -0.15) is 0 Å². The van der Waals surface area contributed by atoms with Crippen molar-refractivity contribution in [2.24, 2.45) is 5.73 Å². The summed E-state index contributed by atoms with van der Waals surface area (Å²) in [5.74, 6) is 0.595. The molecule has 4 rings (SSSR count). The number of nitrogen functional groups attached to an aromatic ring is 1. The fourth-order valence-corrected chi connectivity index (χ4v) is 3.86. The number of ether oxygens (including phenoxy) is 2.